The highest BCUT2D eigenvalue weighted by Crippen LogP contribution is 2.33. The predicted octanol–water partition coefficient (Wildman–Crippen LogP) is 3.89. The molecule has 0 atom stereocenters. The van der Waals surface area contributed by atoms with Gasteiger partial charge < -0.3 is 15.6 Å². The van der Waals surface area contributed by atoms with Gasteiger partial charge in [-0.2, -0.15) is 22.5 Å². The van der Waals surface area contributed by atoms with Crippen LogP contribution in [0.1, 0.15) is 5.56 Å². The number of nitrogens with one attached hydrogen (secondary N) is 3. The van der Waals surface area contributed by atoms with Gasteiger partial charge in [-0.05, 0) is 12.1 Å². The predicted molar refractivity (Wildman–Crippen MR) is 96.9 cm³/mol. The maximum atomic E-state index is 14.3. The first-order valence-corrected chi connectivity index (χ1v) is 8.32. The van der Waals surface area contributed by atoms with Gasteiger partial charge in [-0.1, -0.05) is 6.07 Å². The van der Waals surface area contributed by atoms with Crippen molar-refractivity contribution < 1.29 is 22.0 Å². The van der Waals surface area contributed by atoms with Crippen LogP contribution in [0.2, 0.25) is 0 Å². The minimum absolute atomic E-state index is 0.0177. The van der Waals surface area contributed by atoms with Crippen LogP contribution in [0.15, 0.2) is 30.6 Å². The van der Waals surface area contributed by atoms with Crippen molar-refractivity contribution in [3.05, 3.63) is 47.9 Å². The standard InChI is InChI=1S/C17H11F5N8/c1-23-16-24-5-8(6-25-16)26-13-11(19)27-14-15(30-13)29-12(28-14)7-2-3-9(10(18)4-7)17(20,21)22/h2-6H,1H3,(H,23,24,25)(H2,26,27,28,29,30). The van der Waals surface area contributed by atoms with Crippen LogP contribution in [0, 0.1) is 11.8 Å². The summed E-state index contributed by atoms with van der Waals surface area (Å²) in [6.45, 7) is 0. The van der Waals surface area contributed by atoms with Crippen LogP contribution in [0.5, 0.6) is 0 Å². The van der Waals surface area contributed by atoms with Crippen molar-refractivity contribution in [2.24, 2.45) is 0 Å². The number of benzene rings is 1. The van der Waals surface area contributed by atoms with Gasteiger partial charge in [0.05, 0.1) is 23.6 Å². The van der Waals surface area contributed by atoms with E-state index in [1.54, 1.807) is 7.05 Å². The van der Waals surface area contributed by atoms with E-state index in [1.165, 1.54) is 12.4 Å². The van der Waals surface area contributed by atoms with Gasteiger partial charge in [0, 0.05) is 12.6 Å². The molecule has 0 unspecified atom stereocenters. The van der Waals surface area contributed by atoms with Crippen molar-refractivity contribution in [2.75, 3.05) is 17.7 Å². The fraction of sp³-hybridized carbons (Fsp3) is 0.118. The van der Waals surface area contributed by atoms with Crippen molar-refractivity contribution >= 4 is 28.7 Å². The van der Waals surface area contributed by atoms with Crippen LogP contribution in [0.4, 0.5) is 39.4 Å². The fourth-order valence-electron chi connectivity index (χ4n) is 2.58. The third kappa shape index (κ3) is 3.68. The Kier molecular flexibility index (Phi) is 4.64. The van der Waals surface area contributed by atoms with Gasteiger partial charge >= 0.3 is 6.18 Å². The van der Waals surface area contributed by atoms with Crippen molar-refractivity contribution in [3.8, 4) is 11.4 Å². The van der Waals surface area contributed by atoms with Crippen LogP contribution in [-0.4, -0.2) is 37.0 Å². The molecular formula is C17H11F5N8. The van der Waals surface area contributed by atoms with E-state index in [1.807, 2.05) is 0 Å². The highest BCUT2D eigenvalue weighted by molar-refractivity contribution is 5.74. The van der Waals surface area contributed by atoms with E-state index in [4.69, 9.17) is 0 Å². The lowest BCUT2D eigenvalue weighted by molar-refractivity contribution is -0.139. The summed E-state index contributed by atoms with van der Waals surface area (Å²) in [5.74, 6) is -2.34. The van der Waals surface area contributed by atoms with Gasteiger partial charge in [-0.3, -0.25) is 0 Å². The van der Waals surface area contributed by atoms with E-state index in [0.717, 1.165) is 6.07 Å². The van der Waals surface area contributed by atoms with Crippen molar-refractivity contribution in [1.82, 2.24) is 29.9 Å². The number of H-pyrrole nitrogens is 1. The van der Waals surface area contributed by atoms with E-state index in [9.17, 15) is 22.0 Å². The minimum atomic E-state index is -4.82. The third-order valence-corrected chi connectivity index (χ3v) is 3.98. The molecule has 0 aliphatic carbocycles. The number of nitrogens with zero attached hydrogens (tertiary/aromatic N) is 5. The second-order valence-corrected chi connectivity index (χ2v) is 5.98. The zero-order chi connectivity index (χ0) is 21.5. The zero-order valence-electron chi connectivity index (χ0n) is 15.0. The van der Waals surface area contributed by atoms with E-state index in [2.05, 4.69) is 40.5 Å². The topological polar surface area (TPSA) is 104 Å². The lowest BCUT2D eigenvalue weighted by atomic mass is 10.1. The SMILES string of the molecule is CNc1ncc(Nc2nc3[nH]c(-c4ccc(C(F)(F)F)c(F)c4)nc3nc2F)cn1. The molecule has 0 fully saturated rings. The molecule has 0 spiro atoms. The maximum absolute atomic E-state index is 14.3. The summed E-state index contributed by atoms with van der Waals surface area (Å²) in [7, 11) is 1.64. The Labute approximate surface area is 164 Å². The summed E-state index contributed by atoms with van der Waals surface area (Å²) in [4.78, 5) is 22.3. The summed E-state index contributed by atoms with van der Waals surface area (Å²) in [6, 6.07) is 2.32. The Hall–Kier alpha value is -3.90. The first-order valence-electron chi connectivity index (χ1n) is 8.32. The molecule has 0 aliphatic rings. The largest absolute Gasteiger partial charge is 0.419 e. The number of halogens is 5. The molecule has 0 amide bonds. The van der Waals surface area contributed by atoms with Gasteiger partial charge in [0.15, 0.2) is 11.5 Å². The molecule has 0 aliphatic heterocycles. The monoisotopic (exact) mass is 422 g/mol. The maximum Gasteiger partial charge on any atom is 0.419 e. The number of aromatic nitrogens is 6. The summed E-state index contributed by atoms with van der Waals surface area (Å²) in [5, 5.41) is 5.40. The summed E-state index contributed by atoms with van der Waals surface area (Å²) < 4.78 is 66.3. The lowest BCUT2D eigenvalue weighted by Crippen LogP contribution is -2.07. The summed E-state index contributed by atoms with van der Waals surface area (Å²) in [6.07, 6.45) is -2.03. The average Bonchev–Trinajstić information content (AvgIpc) is 3.10. The van der Waals surface area contributed by atoms with Gasteiger partial charge in [0.25, 0.3) is 5.95 Å². The van der Waals surface area contributed by atoms with Gasteiger partial charge in [0.2, 0.25) is 11.6 Å². The van der Waals surface area contributed by atoms with Gasteiger partial charge in [0.1, 0.15) is 11.6 Å². The molecule has 0 saturated heterocycles. The van der Waals surface area contributed by atoms with Crippen LogP contribution in [-0.2, 0) is 6.18 Å². The molecule has 4 rings (SSSR count). The summed E-state index contributed by atoms with van der Waals surface area (Å²) in [5.41, 5.74) is -1.13. The quantitative estimate of drug-likeness (QED) is 0.429. The second kappa shape index (κ2) is 7.17. The number of hydrogen-bond acceptors (Lipinski definition) is 7. The highest BCUT2D eigenvalue weighted by Gasteiger charge is 2.34. The van der Waals surface area contributed by atoms with Crippen LogP contribution in [0.3, 0.4) is 0 Å². The lowest BCUT2D eigenvalue weighted by Gasteiger charge is -2.08. The molecule has 154 valence electrons. The first-order chi connectivity index (χ1) is 14.2. The Morgan fingerprint density at radius 1 is 1.00 bits per heavy atom. The van der Waals surface area contributed by atoms with E-state index in [0.29, 0.717) is 23.8 Å². The van der Waals surface area contributed by atoms with Crippen LogP contribution >= 0.6 is 0 Å². The molecule has 8 nitrogen and oxygen atoms in total. The molecule has 13 heteroatoms. The van der Waals surface area contributed by atoms with E-state index < -0.39 is 23.5 Å². The minimum Gasteiger partial charge on any atom is -0.357 e. The van der Waals surface area contributed by atoms with Gasteiger partial charge in [-0.15, -0.1) is 0 Å². The molecule has 4 aromatic rings. The molecule has 0 bridgehead atoms. The molecule has 0 saturated carbocycles. The zero-order valence-corrected chi connectivity index (χ0v) is 15.0. The Morgan fingerprint density at radius 2 is 1.73 bits per heavy atom. The smallest absolute Gasteiger partial charge is 0.357 e. The Morgan fingerprint density at radius 3 is 2.37 bits per heavy atom. The molecular weight excluding hydrogens is 411 g/mol. The van der Waals surface area contributed by atoms with Crippen molar-refractivity contribution in [3.63, 3.8) is 0 Å². The molecule has 30 heavy (non-hydrogen) atoms. The average molecular weight is 422 g/mol. The molecule has 0 radical (unpaired) electrons. The van der Waals surface area contributed by atoms with Crippen LogP contribution < -0.4 is 10.6 Å². The number of aromatic amines is 1. The highest BCUT2D eigenvalue weighted by atomic mass is 19.4. The number of alkyl halides is 3. The van der Waals surface area contributed by atoms with Crippen LogP contribution in [0.25, 0.3) is 22.7 Å². The Balaban J connectivity index is 1.67. The molecule has 1 aromatic carbocycles. The summed E-state index contributed by atoms with van der Waals surface area (Å²) >= 11 is 0. The first kappa shape index (κ1) is 19.4. The number of hydrogen-bond donors (Lipinski definition) is 3. The molecule has 3 aromatic heterocycles. The van der Waals surface area contributed by atoms with Crippen molar-refractivity contribution in [2.45, 2.75) is 6.18 Å². The van der Waals surface area contributed by atoms with Gasteiger partial charge in [-0.25, -0.2) is 24.3 Å². The van der Waals surface area contributed by atoms with E-state index >= 15 is 0 Å². The number of fused-ring (bicyclic) bond motifs is 1. The Bertz CT molecular complexity index is 1220. The molecule has 3 N–H and O–H groups in total. The molecule has 3 heterocycles. The number of anilines is 3. The third-order valence-electron chi connectivity index (χ3n) is 3.98. The van der Waals surface area contributed by atoms with E-state index in [-0.39, 0.29) is 28.5 Å². The second-order valence-electron chi connectivity index (χ2n) is 5.98. The normalized spacial score (nSPS) is 11.7. The number of imidazole rings is 1. The number of rotatable bonds is 4. The van der Waals surface area contributed by atoms with Crippen molar-refractivity contribution in [1.29, 1.82) is 0 Å². The fourth-order valence-corrected chi connectivity index (χ4v) is 2.58.